The largest absolute Gasteiger partial charge is 0.369 e. The normalized spacial score (nSPS) is 11.1. The van der Waals surface area contributed by atoms with E-state index < -0.39 is 28.9 Å². The predicted molar refractivity (Wildman–Crippen MR) is 66.6 cm³/mol. The highest BCUT2D eigenvalue weighted by Crippen LogP contribution is 2.14. The Kier molecular flexibility index (Phi) is 5.11. The second-order valence-corrected chi connectivity index (χ2v) is 4.48. The average Bonchev–Trinajstić information content (AvgIpc) is 2.27. The minimum Gasteiger partial charge on any atom is -0.369 e. The fraction of sp³-hybridized carbons (Fsp3) is 0.385. The van der Waals surface area contributed by atoms with Crippen LogP contribution < -0.4 is 5.73 Å². The summed E-state index contributed by atoms with van der Waals surface area (Å²) in [5, 5.41) is 0. The van der Waals surface area contributed by atoms with Crippen LogP contribution in [0.5, 0.6) is 0 Å². The fourth-order valence-electron chi connectivity index (χ4n) is 1.65. The molecule has 0 aliphatic heterocycles. The van der Waals surface area contributed by atoms with Gasteiger partial charge in [-0.25, -0.2) is 8.78 Å². The molecule has 19 heavy (non-hydrogen) atoms. The predicted octanol–water partition coefficient (Wildman–Crippen LogP) is 1.34. The van der Waals surface area contributed by atoms with Gasteiger partial charge in [-0.15, -0.1) is 0 Å². The Morgan fingerprint density at radius 2 is 1.74 bits per heavy atom. The van der Waals surface area contributed by atoms with Gasteiger partial charge in [0.2, 0.25) is 5.91 Å². The van der Waals surface area contributed by atoms with Crippen molar-refractivity contribution in [2.24, 2.45) is 5.73 Å². The Morgan fingerprint density at radius 3 is 2.16 bits per heavy atom. The molecule has 1 aromatic rings. The lowest BCUT2D eigenvalue weighted by atomic mass is 10.1. The Morgan fingerprint density at radius 1 is 1.21 bits per heavy atom. The van der Waals surface area contributed by atoms with Crippen LogP contribution in [0.4, 0.5) is 8.78 Å². The zero-order valence-corrected chi connectivity index (χ0v) is 10.8. The van der Waals surface area contributed by atoms with Crippen molar-refractivity contribution in [3.05, 3.63) is 35.4 Å². The zero-order valence-electron chi connectivity index (χ0n) is 10.8. The van der Waals surface area contributed by atoms with Gasteiger partial charge in [-0.1, -0.05) is 6.07 Å². The van der Waals surface area contributed by atoms with E-state index in [0.717, 1.165) is 12.1 Å². The number of carbonyl (C=O) groups excluding carboxylic acids is 2. The molecule has 1 rings (SSSR count). The quantitative estimate of drug-likeness (QED) is 0.793. The van der Waals surface area contributed by atoms with E-state index in [4.69, 9.17) is 5.73 Å². The highest BCUT2D eigenvalue weighted by Gasteiger charge is 2.22. The van der Waals surface area contributed by atoms with Crippen LogP contribution in [0.15, 0.2) is 18.2 Å². The smallest absolute Gasteiger partial charge is 0.231 e. The standard InChI is InChI=1S/C13H16F2N2O2/c1-8(2)17(7-12(16)19)6-11(18)13-9(14)4-3-5-10(13)15/h3-5,8H,6-7H2,1-2H3,(H2,16,19). The first-order chi connectivity index (χ1) is 8.82. The molecule has 0 heterocycles. The Labute approximate surface area is 110 Å². The third-order valence-corrected chi connectivity index (χ3v) is 2.68. The number of halogens is 2. The maximum atomic E-state index is 13.4. The second-order valence-electron chi connectivity index (χ2n) is 4.48. The van der Waals surface area contributed by atoms with Crippen molar-refractivity contribution in [3.63, 3.8) is 0 Å². The fourth-order valence-corrected chi connectivity index (χ4v) is 1.65. The number of rotatable bonds is 6. The van der Waals surface area contributed by atoms with E-state index in [1.807, 2.05) is 0 Å². The molecule has 0 bridgehead atoms. The number of benzene rings is 1. The number of Topliss-reactive ketones (excluding diaryl/α,β-unsaturated/α-hetero) is 1. The number of nitrogens with two attached hydrogens (primary N) is 1. The van der Waals surface area contributed by atoms with E-state index in [2.05, 4.69) is 0 Å². The van der Waals surface area contributed by atoms with Crippen LogP contribution in [-0.4, -0.2) is 35.7 Å². The third kappa shape index (κ3) is 4.10. The molecule has 0 atom stereocenters. The highest BCUT2D eigenvalue weighted by atomic mass is 19.1. The van der Waals surface area contributed by atoms with E-state index >= 15 is 0 Å². The summed E-state index contributed by atoms with van der Waals surface area (Å²) >= 11 is 0. The van der Waals surface area contributed by atoms with E-state index in [1.165, 1.54) is 11.0 Å². The molecule has 0 fully saturated rings. The Hall–Kier alpha value is -1.82. The third-order valence-electron chi connectivity index (χ3n) is 2.68. The number of hydrogen-bond donors (Lipinski definition) is 1. The minimum atomic E-state index is -0.909. The van der Waals surface area contributed by atoms with Gasteiger partial charge >= 0.3 is 0 Å². The number of hydrogen-bond acceptors (Lipinski definition) is 3. The van der Waals surface area contributed by atoms with Gasteiger partial charge in [0.1, 0.15) is 11.6 Å². The molecular weight excluding hydrogens is 254 g/mol. The minimum absolute atomic E-state index is 0.139. The number of nitrogens with zero attached hydrogens (tertiary/aromatic N) is 1. The van der Waals surface area contributed by atoms with Gasteiger partial charge in [0.05, 0.1) is 18.7 Å². The lowest BCUT2D eigenvalue weighted by Crippen LogP contribution is -2.41. The number of amides is 1. The maximum Gasteiger partial charge on any atom is 0.231 e. The van der Waals surface area contributed by atoms with Crippen molar-refractivity contribution in [2.45, 2.75) is 19.9 Å². The summed E-state index contributed by atoms with van der Waals surface area (Å²) < 4.78 is 26.9. The highest BCUT2D eigenvalue weighted by molar-refractivity contribution is 5.98. The summed E-state index contributed by atoms with van der Waals surface area (Å²) in [6, 6.07) is 3.07. The molecule has 104 valence electrons. The summed E-state index contributed by atoms with van der Waals surface area (Å²) in [4.78, 5) is 24.3. The van der Waals surface area contributed by atoms with Crippen molar-refractivity contribution < 1.29 is 18.4 Å². The molecule has 0 aromatic heterocycles. The van der Waals surface area contributed by atoms with Crippen molar-refractivity contribution in [2.75, 3.05) is 13.1 Å². The van der Waals surface area contributed by atoms with Crippen LogP contribution in [0.3, 0.4) is 0 Å². The summed E-state index contributed by atoms with van der Waals surface area (Å²) in [6.45, 7) is 3.11. The summed E-state index contributed by atoms with van der Waals surface area (Å²) in [5.41, 5.74) is 4.48. The first kappa shape index (κ1) is 15.2. The summed E-state index contributed by atoms with van der Waals surface area (Å²) in [7, 11) is 0. The molecule has 0 radical (unpaired) electrons. The Bertz CT molecular complexity index is 469. The van der Waals surface area contributed by atoms with E-state index in [9.17, 15) is 18.4 Å². The number of carbonyl (C=O) groups is 2. The molecule has 0 saturated heterocycles. The lowest BCUT2D eigenvalue weighted by Gasteiger charge is -2.24. The van der Waals surface area contributed by atoms with Gasteiger partial charge < -0.3 is 5.73 Å². The zero-order chi connectivity index (χ0) is 14.6. The van der Waals surface area contributed by atoms with Gasteiger partial charge in [-0.2, -0.15) is 0 Å². The van der Waals surface area contributed by atoms with Crippen LogP contribution >= 0.6 is 0 Å². The average molecular weight is 270 g/mol. The van der Waals surface area contributed by atoms with Gasteiger partial charge in [0.15, 0.2) is 5.78 Å². The maximum absolute atomic E-state index is 13.4. The van der Waals surface area contributed by atoms with Crippen LogP contribution in [0, 0.1) is 11.6 Å². The molecule has 6 heteroatoms. The van der Waals surface area contributed by atoms with Crippen LogP contribution in [0.2, 0.25) is 0 Å². The first-order valence-electron chi connectivity index (χ1n) is 5.82. The monoisotopic (exact) mass is 270 g/mol. The van der Waals surface area contributed by atoms with Gasteiger partial charge in [0, 0.05) is 6.04 Å². The molecule has 4 nitrogen and oxygen atoms in total. The number of ketones is 1. The lowest BCUT2D eigenvalue weighted by molar-refractivity contribution is -0.119. The van der Waals surface area contributed by atoms with Gasteiger partial charge in [-0.3, -0.25) is 14.5 Å². The molecule has 0 unspecified atom stereocenters. The molecule has 2 N–H and O–H groups in total. The Balaban J connectivity index is 2.91. The molecule has 0 aliphatic rings. The van der Waals surface area contributed by atoms with Crippen LogP contribution in [0.25, 0.3) is 0 Å². The topological polar surface area (TPSA) is 63.4 Å². The molecule has 1 aromatic carbocycles. The van der Waals surface area contributed by atoms with Crippen LogP contribution in [0.1, 0.15) is 24.2 Å². The van der Waals surface area contributed by atoms with E-state index in [-0.39, 0.29) is 19.1 Å². The SMILES string of the molecule is CC(C)N(CC(N)=O)CC(=O)c1c(F)cccc1F. The van der Waals surface area contributed by atoms with Crippen LogP contribution in [-0.2, 0) is 4.79 Å². The number of primary amides is 1. The van der Waals surface area contributed by atoms with Crippen molar-refractivity contribution in [1.82, 2.24) is 4.90 Å². The van der Waals surface area contributed by atoms with E-state index in [1.54, 1.807) is 13.8 Å². The van der Waals surface area contributed by atoms with Crippen molar-refractivity contribution in [3.8, 4) is 0 Å². The summed E-state index contributed by atoms with van der Waals surface area (Å²) in [5.74, 6) is -3.14. The van der Waals surface area contributed by atoms with Crippen molar-refractivity contribution >= 4 is 11.7 Å². The van der Waals surface area contributed by atoms with Crippen molar-refractivity contribution in [1.29, 1.82) is 0 Å². The molecule has 0 aliphatic carbocycles. The van der Waals surface area contributed by atoms with Gasteiger partial charge in [0.25, 0.3) is 0 Å². The first-order valence-corrected chi connectivity index (χ1v) is 5.82. The molecule has 1 amide bonds. The van der Waals surface area contributed by atoms with E-state index in [0.29, 0.717) is 0 Å². The van der Waals surface area contributed by atoms with Gasteiger partial charge in [-0.05, 0) is 26.0 Å². The molecule has 0 saturated carbocycles. The molecule has 0 spiro atoms. The molecular formula is C13H16F2N2O2. The summed E-state index contributed by atoms with van der Waals surface area (Å²) in [6.07, 6.45) is 0. The second kappa shape index (κ2) is 6.38.